The summed E-state index contributed by atoms with van der Waals surface area (Å²) in [6, 6.07) is 7.50. The van der Waals surface area contributed by atoms with E-state index in [9.17, 15) is 0 Å². The van der Waals surface area contributed by atoms with Crippen LogP contribution in [0.5, 0.6) is 5.75 Å². The van der Waals surface area contributed by atoms with Crippen LogP contribution in [0.3, 0.4) is 0 Å². The SMILES string of the molecule is CC(C)(C)c1ccc(OC(O)CO)cc1. The maximum Gasteiger partial charge on any atom is 0.220 e. The topological polar surface area (TPSA) is 49.7 Å². The zero-order chi connectivity index (χ0) is 11.5. The lowest BCUT2D eigenvalue weighted by atomic mass is 9.87. The van der Waals surface area contributed by atoms with Gasteiger partial charge >= 0.3 is 0 Å². The Morgan fingerprint density at radius 1 is 1.20 bits per heavy atom. The summed E-state index contributed by atoms with van der Waals surface area (Å²) in [5.74, 6) is 0.560. The van der Waals surface area contributed by atoms with E-state index < -0.39 is 12.9 Å². The molecule has 0 saturated carbocycles. The van der Waals surface area contributed by atoms with Crippen LogP contribution in [0.15, 0.2) is 24.3 Å². The van der Waals surface area contributed by atoms with Crippen molar-refractivity contribution < 1.29 is 14.9 Å². The largest absolute Gasteiger partial charge is 0.463 e. The van der Waals surface area contributed by atoms with E-state index in [4.69, 9.17) is 14.9 Å². The molecule has 0 bridgehead atoms. The number of rotatable bonds is 3. The molecule has 3 nitrogen and oxygen atoms in total. The van der Waals surface area contributed by atoms with E-state index in [2.05, 4.69) is 20.8 Å². The summed E-state index contributed by atoms with van der Waals surface area (Å²) < 4.78 is 5.04. The molecule has 1 aromatic carbocycles. The first kappa shape index (κ1) is 12.0. The molecule has 0 saturated heterocycles. The molecule has 1 rings (SSSR count). The first-order valence-electron chi connectivity index (χ1n) is 4.99. The highest BCUT2D eigenvalue weighted by Gasteiger charge is 2.13. The van der Waals surface area contributed by atoms with Gasteiger partial charge in [0.1, 0.15) is 12.4 Å². The lowest BCUT2D eigenvalue weighted by molar-refractivity contribution is -0.0548. The van der Waals surface area contributed by atoms with Crippen LogP contribution in [-0.2, 0) is 5.41 Å². The van der Waals surface area contributed by atoms with Crippen molar-refractivity contribution in [3.05, 3.63) is 29.8 Å². The van der Waals surface area contributed by atoms with Crippen molar-refractivity contribution in [2.24, 2.45) is 0 Å². The molecule has 1 unspecified atom stereocenters. The van der Waals surface area contributed by atoms with Gasteiger partial charge in [0.2, 0.25) is 6.29 Å². The third kappa shape index (κ3) is 3.53. The predicted octanol–water partition coefficient (Wildman–Crippen LogP) is 1.67. The van der Waals surface area contributed by atoms with Crippen LogP contribution < -0.4 is 4.74 Å². The maximum atomic E-state index is 9.07. The molecule has 2 N–H and O–H groups in total. The summed E-state index contributed by atoms with van der Waals surface area (Å²) >= 11 is 0. The van der Waals surface area contributed by atoms with Crippen LogP contribution in [0.25, 0.3) is 0 Å². The van der Waals surface area contributed by atoms with Crippen molar-refractivity contribution in [2.75, 3.05) is 6.61 Å². The van der Waals surface area contributed by atoms with Crippen molar-refractivity contribution in [1.29, 1.82) is 0 Å². The predicted molar refractivity (Wildman–Crippen MR) is 58.9 cm³/mol. The van der Waals surface area contributed by atoms with E-state index in [0.29, 0.717) is 5.75 Å². The van der Waals surface area contributed by atoms with Gasteiger partial charge in [0, 0.05) is 0 Å². The zero-order valence-corrected chi connectivity index (χ0v) is 9.40. The molecule has 1 atom stereocenters. The Labute approximate surface area is 90.3 Å². The fraction of sp³-hybridized carbons (Fsp3) is 0.500. The first-order valence-corrected chi connectivity index (χ1v) is 4.99. The van der Waals surface area contributed by atoms with Gasteiger partial charge in [-0.25, -0.2) is 0 Å². The Kier molecular flexibility index (Phi) is 3.72. The summed E-state index contributed by atoms with van der Waals surface area (Å²) in [4.78, 5) is 0. The number of aliphatic hydroxyl groups excluding tert-OH is 2. The standard InChI is InChI=1S/C12H18O3/c1-12(2,3)9-4-6-10(7-5-9)15-11(14)8-13/h4-7,11,13-14H,8H2,1-3H3. The normalized spacial score (nSPS) is 13.7. The highest BCUT2D eigenvalue weighted by atomic mass is 16.6. The molecule has 84 valence electrons. The number of benzene rings is 1. The van der Waals surface area contributed by atoms with Gasteiger partial charge in [0.15, 0.2) is 0 Å². The molecule has 15 heavy (non-hydrogen) atoms. The second kappa shape index (κ2) is 4.64. The minimum Gasteiger partial charge on any atom is -0.463 e. The van der Waals surface area contributed by atoms with Crippen molar-refractivity contribution in [3.63, 3.8) is 0 Å². The molecule has 0 heterocycles. The fourth-order valence-corrected chi connectivity index (χ4v) is 1.23. The van der Waals surface area contributed by atoms with Crippen LogP contribution in [0.1, 0.15) is 26.3 Å². The van der Waals surface area contributed by atoms with Crippen LogP contribution in [0.4, 0.5) is 0 Å². The van der Waals surface area contributed by atoms with Gasteiger partial charge in [-0.2, -0.15) is 0 Å². The quantitative estimate of drug-likeness (QED) is 0.746. The molecule has 0 spiro atoms. The summed E-state index contributed by atoms with van der Waals surface area (Å²) in [5.41, 5.74) is 1.31. The van der Waals surface area contributed by atoms with E-state index >= 15 is 0 Å². The molecular weight excluding hydrogens is 192 g/mol. The maximum absolute atomic E-state index is 9.07. The highest BCUT2D eigenvalue weighted by Crippen LogP contribution is 2.24. The van der Waals surface area contributed by atoms with Gasteiger partial charge in [-0.15, -0.1) is 0 Å². The summed E-state index contributed by atoms with van der Waals surface area (Å²) in [5, 5.41) is 17.7. The minimum atomic E-state index is -1.15. The summed E-state index contributed by atoms with van der Waals surface area (Å²) in [7, 11) is 0. The van der Waals surface area contributed by atoms with Gasteiger partial charge < -0.3 is 14.9 Å². The molecule has 0 aliphatic carbocycles. The summed E-state index contributed by atoms with van der Waals surface area (Å²) in [6.07, 6.45) is -1.15. The van der Waals surface area contributed by atoms with Gasteiger partial charge in [-0.1, -0.05) is 32.9 Å². The van der Waals surface area contributed by atoms with Crippen LogP contribution in [0, 0.1) is 0 Å². The average molecular weight is 210 g/mol. The average Bonchev–Trinajstić information content (AvgIpc) is 2.17. The third-order valence-corrected chi connectivity index (χ3v) is 2.15. The number of hydrogen-bond donors (Lipinski definition) is 2. The van der Waals surface area contributed by atoms with E-state index in [1.165, 1.54) is 5.56 Å². The smallest absolute Gasteiger partial charge is 0.220 e. The van der Waals surface area contributed by atoms with Gasteiger partial charge in [-0.3, -0.25) is 0 Å². The number of aliphatic hydroxyl groups is 2. The van der Waals surface area contributed by atoms with Gasteiger partial charge in [-0.05, 0) is 23.1 Å². The molecule has 0 aromatic heterocycles. The second-order valence-corrected chi connectivity index (χ2v) is 4.53. The van der Waals surface area contributed by atoms with E-state index in [1.807, 2.05) is 12.1 Å². The molecule has 0 aliphatic rings. The lowest BCUT2D eigenvalue weighted by Crippen LogP contribution is -2.19. The minimum absolute atomic E-state index is 0.105. The molecule has 0 radical (unpaired) electrons. The molecule has 1 aromatic rings. The summed E-state index contributed by atoms with van der Waals surface area (Å²) in [6.45, 7) is 5.99. The zero-order valence-electron chi connectivity index (χ0n) is 9.40. The molecule has 0 amide bonds. The monoisotopic (exact) mass is 210 g/mol. The van der Waals surface area contributed by atoms with E-state index in [0.717, 1.165) is 0 Å². The molecule has 0 aliphatic heterocycles. The number of ether oxygens (including phenoxy) is 1. The second-order valence-electron chi connectivity index (χ2n) is 4.53. The van der Waals surface area contributed by atoms with Crippen molar-refractivity contribution in [3.8, 4) is 5.75 Å². The first-order chi connectivity index (χ1) is 6.93. The molecular formula is C12H18O3. The van der Waals surface area contributed by atoms with Gasteiger partial charge in [0.05, 0.1) is 0 Å². The van der Waals surface area contributed by atoms with E-state index in [1.54, 1.807) is 12.1 Å². The van der Waals surface area contributed by atoms with Gasteiger partial charge in [0.25, 0.3) is 0 Å². The van der Waals surface area contributed by atoms with Crippen molar-refractivity contribution >= 4 is 0 Å². The Morgan fingerprint density at radius 2 is 1.73 bits per heavy atom. The highest BCUT2D eigenvalue weighted by molar-refractivity contribution is 5.31. The molecule has 0 fully saturated rings. The van der Waals surface area contributed by atoms with Crippen LogP contribution >= 0.6 is 0 Å². The Hall–Kier alpha value is -1.06. The fourth-order valence-electron chi connectivity index (χ4n) is 1.23. The van der Waals surface area contributed by atoms with Crippen LogP contribution in [-0.4, -0.2) is 23.1 Å². The Bertz CT molecular complexity index is 298. The van der Waals surface area contributed by atoms with E-state index in [-0.39, 0.29) is 5.41 Å². The molecule has 3 heteroatoms. The lowest BCUT2D eigenvalue weighted by Gasteiger charge is -2.19. The Morgan fingerprint density at radius 3 is 2.13 bits per heavy atom. The van der Waals surface area contributed by atoms with Crippen LogP contribution in [0.2, 0.25) is 0 Å². The van der Waals surface area contributed by atoms with Crippen molar-refractivity contribution in [1.82, 2.24) is 0 Å². The Balaban J connectivity index is 2.73. The number of hydrogen-bond acceptors (Lipinski definition) is 3. The van der Waals surface area contributed by atoms with Crippen molar-refractivity contribution in [2.45, 2.75) is 32.5 Å². The third-order valence-electron chi connectivity index (χ3n) is 2.15.